The van der Waals surface area contributed by atoms with E-state index in [1.165, 1.54) is 5.54 Å². The highest BCUT2D eigenvalue weighted by atomic mass is 35.5. The van der Waals surface area contributed by atoms with E-state index < -0.39 is 0 Å². The number of allylic oxidation sites excluding steroid dienone is 1. The van der Waals surface area contributed by atoms with E-state index in [4.69, 9.17) is 11.6 Å². The molecule has 0 unspecified atom stereocenters. The second kappa shape index (κ2) is 9.34. The van der Waals surface area contributed by atoms with E-state index >= 15 is 0 Å². The maximum atomic E-state index is 5.53. The quantitative estimate of drug-likeness (QED) is 0.289. The molecule has 0 N–H and O–H groups in total. The first kappa shape index (κ1) is 13.8. The molecule has 4 heteroatoms. The Morgan fingerprint density at radius 1 is 1.40 bits per heavy atom. The molecule has 0 saturated carbocycles. The van der Waals surface area contributed by atoms with E-state index in [1.807, 2.05) is 6.08 Å². The van der Waals surface area contributed by atoms with Crippen LogP contribution >= 0.6 is 11.6 Å². The Balaban J connectivity index is 4.50. The lowest BCUT2D eigenvalue weighted by molar-refractivity contribution is 0.859. The smallest absolute Gasteiger partial charge is 0.153 e. The Bertz CT molecular complexity index is 290. The van der Waals surface area contributed by atoms with Gasteiger partial charge < -0.3 is 4.99 Å². The van der Waals surface area contributed by atoms with Crippen LogP contribution in [0.25, 0.3) is 0 Å². The zero-order chi connectivity index (χ0) is 11.5. The van der Waals surface area contributed by atoms with Gasteiger partial charge in [-0.05, 0) is 32.4 Å². The standard InChI is InChI=1S/C11H16ClN3/c1-13-9-5-4-6-10(7-8-12)11(14-2)15-3/h6-8H,1-2,4-5,9H2,3H3/b8-7+,10-6-,15-11?. The third-order valence-electron chi connectivity index (χ3n) is 1.75. The second-order valence-electron chi connectivity index (χ2n) is 2.75. The second-order valence-corrected chi connectivity index (χ2v) is 3.00. The van der Waals surface area contributed by atoms with Crippen LogP contribution in [0.15, 0.2) is 38.2 Å². The molecule has 82 valence electrons. The molecule has 0 fully saturated rings. The van der Waals surface area contributed by atoms with Gasteiger partial charge in [0, 0.05) is 24.7 Å². The van der Waals surface area contributed by atoms with Crippen molar-refractivity contribution in [3.63, 3.8) is 0 Å². The van der Waals surface area contributed by atoms with Crippen LogP contribution in [-0.4, -0.2) is 32.9 Å². The van der Waals surface area contributed by atoms with Gasteiger partial charge in [0.25, 0.3) is 0 Å². The van der Waals surface area contributed by atoms with Crippen LogP contribution in [0.5, 0.6) is 0 Å². The molecule has 0 aromatic heterocycles. The monoisotopic (exact) mass is 225 g/mol. The van der Waals surface area contributed by atoms with Crippen molar-refractivity contribution >= 4 is 30.9 Å². The Morgan fingerprint density at radius 2 is 2.13 bits per heavy atom. The predicted molar refractivity (Wildman–Crippen MR) is 69.6 cm³/mol. The van der Waals surface area contributed by atoms with Crippen LogP contribution in [0.3, 0.4) is 0 Å². The van der Waals surface area contributed by atoms with Gasteiger partial charge >= 0.3 is 0 Å². The van der Waals surface area contributed by atoms with E-state index in [-0.39, 0.29) is 0 Å². The summed E-state index contributed by atoms with van der Waals surface area (Å²) in [6.07, 6.45) is 5.61. The first-order chi connectivity index (χ1) is 7.29. The van der Waals surface area contributed by atoms with Crippen molar-refractivity contribution in [2.24, 2.45) is 15.0 Å². The lowest BCUT2D eigenvalue weighted by Gasteiger charge is -2.00. The molecule has 3 nitrogen and oxygen atoms in total. The van der Waals surface area contributed by atoms with E-state index in [9.17, 15) is 0 Å². The topological polar surface area (TPSA) is 37.1 Å². The van der Waals surface area contributed by atoms with Gasteiger partial charge in [0.05, 0.1) is 0 Å². The van der Waals surface area contributed by atoms with Crippen LogP contribution in [0.4, 0.5) is 0 Å². The van der Waals surface area contributed by atoms with Crippen molar-refractivity contribution in [2.75, 3.05) is 13.6 Å². The minimum absolute atomic E-state index is 0.596. The molecule has 0 aliphatic heterocycles. The van der Waals surface area contributed by atoms with E-state index in [0.29, 0.717) is 5.84 Å². The van der Waals surface area contributed by atoms with E-state index in [2.05, 4.69) is 28.4 Å². The Labute approximate surface area is 96.0 Å². The first-order valence-corrected chi connectivity index (χ1v) is 5.07. The van der Waals surface area contributed by atoms with Crippen molar-refractivity contribution in [3.8, 4) is 0 Å². The zero-order valence-corrected chi connectivity index (χ0v) is 9.74. The molecule has 0 aliphatic carbocycles. The highest BCUT2D eigenvalue weighted by Gasteiger charge is 1.99. The van der Waals surface area contributed by atoms with Crippen molar-refractivity contribution in [3.05, 3.63) is 23.3 Å². The molecule has 0 rings (SSSR count). The average Bonchev–Trinajstić information content (AvgIpc) is 2.26. The molecule has 0 aromatic carbocycles. The zero-order valence-electron chi connectivity index (χ0n) is 8.99. The van der Waals surface area contributed by atoms with Gasteiger partial charge in [0.2, 0.25) is 0 Å². The molecular weight excluding hydrogens is 210 g/mol. The number of amidine groups is 1. The fourth-order valence-corrected chi connectivity index (χ4v) is 1.19. The number of halogens is 1. The summed E-state index contributed by atoms with van der Waals surface area (Å²) in [5.41, 5.74) is 2.32. The Kier molecular flexibility index (Phi) is 8.58. The van der Waals surface area contributed by atoms with Crippen molar-refractivity contribution in [1.82, 2.24) is 0 Å². The van der Waals surface area contributed by atoms with Crippen LogP contribution < -0.4 is 0 Å². The van der Waals surface area contributed by atoms with Crippen molar-refractivity contribution in [2.45, 2.75) is 12.8 Å². The average molecular weight is 226 g/mol. The molecular formula is C11H16ClN3. The number of hydrogen-bond acceptors (Lipinski definition) is 2. The van der Waals surface area contributed by atoms with Crippen LogP contribution in [-0.2, 0) is 0 Å². The van der Waals surface area contributed by atoms with Crippen molar-refractivity contribution in [1.29, 1.82) is 0 Å². The molecule has 0 bridgehead atoms. The predicted octanol–water partition coefficient (Wildman–Crippen LogP) is 2.88. The van der Waals surface area contributed by atoms with Crippen LogP contribution in [0.2, 0.25) is 0 Å². The number of rotatable bonds is 6. The van der Waals surface area contributed by atoms with Gasteiger partial charge in [-0.1, -0.05) is 17.7 Å². The summed E-state index contributed by atoms with van der Waals surface area (Å²) < 4.78 is 0. The van der Waals surface area contributed by atoms with Gasteiger partial charge in [0.15, 0.2) is 5.84 Å². The number of aliphatic imine (C=N–C) groups is 3. The molecule has 0 saturated heterocycles. The van der Waals surface area contributed by atoms with Gasteiger partial charge in [-0.3, -0.25) is 4.99 Å². The lowest BCUT2D eigenvalue weighted by Crippen LogP contribution is -1.96. The molecule has 0 atom stereocenters. The summed E-state index contributed by atoms with van der Waals surface area (Å²) >= 11 is 5.53. The minimum atomic E-state index is 0.596. The normalized spacial score (nSPS) is 13.2. The molecule has 0 heterocycles. The SMILES string of the molecule is C=NCCC/C=C(/C=C/Cl)C(N=C)=NC. The summed E-state index contributed by atoms with van der Waals surface area (Å²) in [5.74, 6) is 0.596. The molecule has 0 spiro atoms. The Hall–Kier alpha value is -1.22. The largest absolute Gasteiger partial charge is 0.301 e. The molecule has 0 aromatic rings. The highest BCUT2D eigenvalue weighted by Crippen LogP contribution is 2.06. The maximum absolute atomic E-state index is 5.53. The fourth-order valence-electron chi connectivity index (χ4n) is 1.05. The lowest BCUT2D eigenvalue weighted by atomic mass is 10.1. The summed E-state index contributed by atoms with van der Waals surface area (Å²) in [7, 11) is 1.67. The van der Waals surface area contributed by atoms with Gasteiger partial charge in [-0.15, -0.1) is 0 Å². The highest BCUT2D eigenvalue weighted by molar-refractivity contribution is 6.26. The van der Waals surface area contributed by atoms with E-state index in [1.54, 1.807) is 13.1 Å². The number of unbranched alkanes of at least 4 members (excludes halogenated alkanes) is 1. The van der Waals surface area contributed by atoms with Gasteiger partial charge in [-0.25, -0.2) is 4.99 Å². The fraction of sp³-hybridized carbons (Fsp3) is 0.364. The van der Waals surface area contributed by atoms with Crippen LogP contribution in [0.1, 0.15) is 12.8 Å². The number of nitrogens with zero attached hydrogens (tertiary/aromatic N) is 3. The Morgan fingerprint density at radius 3 is 2.60 bits per heavy atom. The molecule has 0 radical (unpaired) electrons. The first-order valence-electron chi connectivity index (χ1n) is 4.63. The summed E-state index contributed by atoms with van der Waals surface area (Å²) in [4.78, 5) is 11.6. The molecule has 15 heavy (non-hydrogen) atoms. The summed E-state index contributed by atoms with van der Waals surface area (Å²) in [6.45, 7) is 7.63. The maximum Gasteiger partial charge on any atom is 0.153 e. The summed E-state index contributed by atoms with van der Waals surface area (Å²) in [6, 6.07) is 0. The molecule has 0 aliphatic rings. The third kappa shape index (κ3) is 5.96. The number of hydrogen-bond donors (Lipinski definition) is 0. The van der Waals surface area contributed by atoms with Gasteiger partial charge in [0.1, 0.15) is 0 Å². The van der Waals surface area contributed by atoms with Crippen LogP contribution in [0, 0.1) is 0 Å². The van der Waals surface area contributed by atoms with E-state index in [0.717, 1.165) is 25.0 Å². The van der Waals surface area contributed by atoms with Crippen molar-refractivity contribution < 1.29 is 0 Å². The van der Waals surface area contributed by atoms with Gasteiger partial charge in [-0.2, -0.15) is 0 Å². The third-order valence-corrected chi connectivity index (χ3v) is 1.87. The minimum Gasteiger partial charge on any atom is -0.301 e. The molecule has 0 amide bonds. The summed E-state index contributed by atoms with van der Waals surface area (Å²) in [5, 5.41) is 0.